The van der Waals surface area contributed by atoms with Crippen LogP contribution in [0.1, 0.15) is 51.9 Å². The van der Waals surface area contributed by atoms with Gasteiger partial charge in [0.05, 0.1) is 18.1 Å². The van der Waals surface area contributed by atoms with E-state index in [4.69, 9.17) is 4.74 Å². The molecule has 0 bridgehead atoms. The minimum Gasteiger partial charge on any atom is -0.379 e. The molecule has 0 spiro atoms. The van der Waals surface area contributed by atoms with Gasteiger partial charge in [-0.15, -0.1) is 0 Å². The molecule has 28 heavy (non-hydrogen) atoms. The normalized spacial score (nSPS) is 24.0. The van der Waals surface area contributed by atoms with Crippen LogP contribution >= 0.6 is 0 Å². The summed E-state index contributed by atoms with van der Waals surface area (Å²) in [5.41, 5.74) is 0.652. The van der Waals surface area contributed by atoms with Crippen molar-refractivity contribution in [3.63, 3.8) is 0 Å². The van der Waals surface area contributed by atoms with Crippen LogP contribution in [0.25, 0.3) is 0 Å². The summed E-state index contributed by atoms with van der Waals surface area (Å²) in [4.78, 5) is 12.8. The lowest BCUT2D eigenvalue weighted by Gasteiger charge is -2.28. The van der Waals surface area contributed by atoms with E-state index in [1.807, 2.05) is 0 Å². The average Bonchev–Trinajstić information content (AvgIpc) is 2.73. The highest BCUT2D eigenvalue weighted by Gasteiger charge is 2.27. The summed E-state index contributed by atoms with van der Waals surface area (Å²) in [6.07, 6.45) is 7.96. The summed E-state index contributed by atoms with van der Waals surface area (Å²) in [6.45, 7) is 3.82. The van der Waals surface area contributed by atoms with Crippen LogP contribution in [-0.2, 0) is 19.6 Å². The van der Waals surface area contributed by atoms with Crippen molar-refractivity contribution >= 4 is 21.6 Å². The SMILES string of the molecule is CCCCC1CCC(C(=O)Nc2ccc(S(=O)(=O)N3CCOCC3)cc2)CC1. The van der Waals surface area contributed by atoms with Crippen LogP contribution in [0.2, 0.25) is 0 Å². The molecule has 156 valence electrons. The van der Waals surface area contributed by atoms with Crippen molar-refractivity contribution in [3.05, 3.63) is 24.3 Å². The highest BCUT2D eigenvalue weighted by atomic mass is 32.2. The maximum absolute atomic E-state index is 12.7. The average molecular weight is 409 g/mol. The lowest BCUT2D eigenvalue weighted by molar-refractivity contribution is -0.121. The van der Waals surface area contributed by atoms with Gasteiger partial charge < -0.3 is 10.1 Å². The molecular weight excluding hydrogens is 376 g/mol. The van der Waals surface area contributed by atoms with Crippen LogP contribution in [0, 0.1) is 11.8 Å². The molecule has 7 heteroatoms. The van der Waals surface area contributed by atoms with Gasteiger partial charge in [0.15, 0.2) is 0 Å². The molecule has 1 heterocycles. The zero-order chi connectivity index (χ0) is 20.0. The maximum Gasteiger partial charge on any atom is 0.243 e. The molecule has 0 aromatic heterocycles. The van der Waals surface area contributed by atoms with Crippen LogP contribution in [0.4, 0.5) is 5.69 Å². The number of hydrogen-bond acceptors (Lipinski definition) is 4. The number of hydrogen-bond donors (Lipinski definition) is 1. The number of carbonyl (C=O) groups excluding carboxylic acids is 1. The van der Waals surface area contributed by atoms with Gasteiger partial charge in [-0.25, -0.2) is 8.42 Å². The number of rotatable bonds is 7. The van der Waals surface area contributed by atoms with E-state index < -0.39 is 10.0 Å². The van der Waals surface area contributed by atoms with E-state index in [-0.39, 0.29) is 16.7 Å². The minimum absolute atomic E-state index is 0.0535. The molecule has 1 N–H and O–H groups in total. The molecule has 1 amide bonds. The van der Waals surface area contributed by atoms with Crippen molar-refractivity contribution in [1.29, 1.82) is 0 Å². The number of sulfonamides is 1. The quantitative estimate of drug-likeness (QED) is 0.747. The van der Waals surface area contributed by atoms with Crippen LogP contribution < -0.4 is 5.32 Å². The number of unbranched alkanes of at least 4 members (excludes halogenated alkanes) is 1. The Labute approximate surface area is 168 Å². The Morgan fingerprint density at radius 2 is 1.75 bits per heavy atom. The van der Waals surface area contributed by atoms with E-state index in [1.165, 1.54) is 23.6 Å². The highest BCUT2D eigenvalue weighted by molar-refractivity contribution is 7.89. The summed E-state index contributed by atoms with van der Waals surface area (Å²) in [6, 6.07) is 6.50. The second-order valence-corrected chi connectivity index (χ2v) is 9.83. The molecule has 0 radical (unpaired) electrons. The van der Waals surface area contributed by atoms with Gasteiger partial charge in [-0.3, -0.25) is 4.79 Å². The Hall–Kier alpha value is -1.44. The number of ether oxygens (including phenoxy) is 1. The second-order valence-electron chi connectivity index (χ2n) is 7.89. The lowest BCUT2D eigenvalue weighted by Crippen LogP contribution is -2.40. The van der Waals surface area contributed by atoms with E-state index in [2.05, 4.69) is 12.2 Å². The van der Waals surface area contributed by atoms with Gasteiger partial charge in [0.25, 0.3) is 0 Å². The van der Waals surface area contributed by atoms with Gasteiger partial charge in [0.2, 0.25) is 15.9 Å². The fourth-order valence-corrected chi connectivity index (χ4v) is 5.50. The van der Waals surface area contributed by atoms with E-state index in [0.717, 1.165) is 31.6 Å². The van der Waals surface area contributed by atoms with Crippen LogP contribution in [0.3, 0.4) is 0 Å². The van der Waals surface area contributed by atoms with Gasteiger partial charge in [0, 0.05) is 24.7 Å². The molecule has 1 aliphatic heterocycles. The Bertz CT molecular complexity index is 734. The summed E-state index contributed by atoms with van der Waals surface area (Å²) in [7, 11) is -3.50. The molecule has 1 aliphatic carbocycles. The highest BCUT2D eigenvalue weighted by Crippen LogP contribution is 2.32. The van der Waals surface area contributed by atoms with Crippen LogP contribution in [-0.4, -0.2) is 44.9 Å². The molecule has 1 aromatic rings. The standard InChI is InChI=1S/C21H32N2O4S/c1-2-3-4-17-5-7-18(8-6-17)21(24)22-19-9-11-20(12-10-19)28(25,26)23-13-15-27-16-14-23/h9-12,17-18H,2-8,13-16H2,1H3,(H,22,24). The Kier molecular flexibility index (Phi) is 7.48. The van der Waals surface area contributed by atoms with Gasteiger partial charge in [-0.2, -0.15) is 4.31 Å². The summed E-state index contributed by atoms with van der Waals surface area (Å²) >= 11 is 0. The predicted molar refractivity (Wildman–Crippen MR) is 110 cm³/mol. The van der Waals surface area contributed by atoms with Gasteiger partial charge in [-0.1, -0.05) is 26.2 Å². The summed E-state index contributed by atoms with van der Waals surface area (Å²) < 4.78 is 32.0. The van der Waals surface area contributed by atoms with Gasteiger partial charge in [0.1, 0.15) is 0 Å². The number of nitrogens with one attached hydrogen (secondary N) is 1. The monoisotopic (exact) mass is 408 g/mol. The molecule has 1 aromatic carbocycles. The molecular formula is C21H32N2O4S. The summed E-state index contributed by atoms with van der Waals surface area (Å²) in [5.74, 6) is 0.890. The Morgan fingerprint density at radius 1 is 1.11 bits per heavy atom. The second kappa shape index (κ2) is 9.85. The third kappa shape index (κ3) is 5.33. The first-order valence-electron chi connectivity index (χ1n) is 10.5. The third-order valence-corrected chi connectivity index (χ3v) is 7.83. The van der Waals surface area contributed by atoms with Crippen LogP contribution in [0.15, 0.2) is 29.2 Å². The Morgan fingerprint density at radius 3 is 2.36 bits per heavy atom. The number of morpholine rings is 1. The number of amides is 1. The van der Waals surface area contributed by atoms with Crippen molar-refractivity contribution in [1.82, 2.24) is 4.31 Å². The van der Waals surface area contributed by atoms with E-state index >= 15 is 0 Å². The zero-order valence-electron chi connectivity index (χ0n) is 16.7. The van der Waals surface area contributed by atoms with Crippen molar-refractivity contribution in [2.75, 3.05) is 31.6 Å². The molecule has 2 fully saturated rings. The van der Waals surface area contributed by atoms with Crippen molar-refractivity contribution in [3.8, 4) is 0 Å². The van der Waals surface area contributed by atoms with Crippen molar-refractivity contribution < 1.29 is 17.9 Å². The van der Waals surface area contributed by atoms with E-state index in [9.17, 15) is 13.2 Å². The summed E-state index contributed by atoms with van der Waals surface area (Å²) in [5, 5.41) is 2.96. The van der Waals surface area contributed by atoms with E-state index in [1.54, 1.807) is 24.3 Å². The smallest absolute Gasteiger partial charge is 0.243 e. The molecule has 0 atom stereocenters. The molecule has 6 nitrogen and oxygen atoms in total. The fourth-order valence-electron chi connectivity index (χ4n) is 4.10. The topological polar surface area (TPSA) is 75.7 Å². The predicted octanol–water partition coefficient (Wildman–Crippen LogP) is 3.64. The molecule has 1 saturated carbocycles. The van der Waals surface area contributed by atoms with E-state index in [0.29, 0.717) is 32.0 Å². The number of anilines is 1. The molecule has 1 saturated heterocycles. The van der Waals surface area contributed by atoms with Gasteiger partial charge >= 0.3 is 0 Å². The first-order valence-corrected chi connectivity index (χ1v) is 11.9. The Balaban J connectivity index is 1.53. The fraction of sp³-hybridized carbons (Fsp3) is 0.667. The maximum atomic E-state index is 12.7. The van der Waals surface area contributed by atoms with Crippen molar-refractivity contribution in [2.45, 2.75) is 56.8 Å². The number of nitrogens with zero attached hydrogens (tertiary/aromatic N) is 1. The lowest BCUT2D eigenvalue weighted by atomic mass is 9.79. The number of benzene rings is 1. The van der Waals surface area contributed by atoms with Crippen molar-refractivity contribution in [2.24, 2.45) is 11.8 Å². The van der Waals surface area contributed by atoms with Crippen LogP contribution in [0.5, 0.6) is 0 Å². The van der Waals surface area contributed by atoms with Gasteiger partial charge in [-0.05, 0) is 55.9 Å². The largest absolute Gasteiger partial charge is 0.379 e. The first kappa shape index (κ1) is 21.3. The minimum atomic E-state index is -3.50. The molecule has 2 aliphatic rings. The zero-order valence-corrected chi connectivity index (χ0v) is 17.5. The molecule has 0 unspecified atom stereocenters. The molecule has 3 rings (SSSR count). The number of carbonyl (C=O) groups is 1. The first-order chi connectivity index (χ1) is 13.5. The third-order valence-electron chi connectivity index (χ3n) is 5.91.